The normalized spacial score (nSPS) is 11.8. The van der Waals surface area contributed by atoms with Crippen LogP contribution in [0.4, 0.5) is 5.69 Å². The van der Waals surface area contributed by atoms with Crippen molar-refractivity contribution >= 4 is 22.3 Å². The number of fused-ring (bicyclic) bond motifs is 1. The van der Waals surface area contributed by atoms with Crippen LogP contribution in [0.3, 0.4) is 0 Å². The fourth-order valence-electron chi connectivity index (χ4n) is 2.02. The van der Waals surface area contributed by atoms with Gasteiger partial charge in [-0.1, -0.05) is 18.2 Å². The van der Waals surface area contributed by atoms with Crippen molar-refractivity contribution in [2.24, 2.45) is 5.10 Å². The third-order valence-electron chi connectivity index (χ3n) is 3.07. The maximum atomic E-state index is 5.53. The van der Waals surface area contributed by atoms with Crippen LogP contribution in [-0.4, -0.2) is 10.7 Å². The highest BCUT2D eigenvalue weighted by Gasteiger charge is 2.04. The highest BCUT2D eigenvalue weighted by molar-refractivity contribution is 5.97. The molecule has 0 unspecified atom stereocenters. The van der Waals surface area contributed by atoms with Gasteiger partial charge in [0.2, 0.25) is 0 Å². The number of hydrogen-bond donors (Lipinski definition) is 1. The first-order valence-corrected chi connectivity index (χ1v) is 6.45. The van der Waals surface area contributed by atoms with Crippen molar-refractivity contribution in [1.82, 2.24) is 4.98 Å². The molecule has 1 N–H and O–H groups in total. The molecular formula is C16H15N3O. The van der Waals surface area contributed by atoms with Gasteiger partial charge in [0, 0.05) is 11.6 Å². The lowest BCUT2D eigenvalue weighted by molar-refractivity contribution is 0.525. The zero-order valence-electron chi connectivity index (χ0n) is 11.4. The predicted molar refractivity (Wildman–Crippen MR) is 81.0 cm³/mol. The van der Waals surface area contributed by atoms with Crippen LogP contribution in [0.25, 0.3) is 10.9 Å². The Morgan fingerprint density at radius 2 is 2.00 bits per heavy atom. The molecule has 3 rings (SSSR count). The van der Waals surface area contributed by atoms with E-state index in [0.717, 1.165) is 33.8 Å². The standard InChI is InChI=1S/C16H15N3O/c1-11-8-9-15(20-11)12(2)18-19-14-7-3-5-13-6-4-10-17-16(13)14/h3-10,19H,1-2H3/b18-12+. The van der Waals surface area contributed by atoms with Crippen LogP contribution < -0.4 is 5.43 Å². The minimum absolute atomic E-state index is 0.767. The van der Waals surface area contributed by atoms with Gasteiger partial charge in [-0.25, -0.2) is 0 Å². The van der Waals surface area contributed by atoms with Crippen LogP contribution in [-0.2, 0) is 0 Å². The predicted octanol–water partition coefficient (Wildman–Crippen LogP) is 3.97. The molecule has 2 aromatic heterocycles. The van der Waals surface area contributed by atoms with Crippen molar-refractivity contribution in [3.8, 4) is 0 Å². The van der Waals surface area contributed by atoms with E-state index in [-0.39, 0.29) is 0 Å². The summed E-state index contributed by atoms with van der Waals surface area (Å²) in [5, 5.41) is 5.44. The Morgan fingerprint density at radius 3 is 2.80 bits per heavy atom. The Kier molecular flexibility index (Phi) is 3.21. The average molecular weight is 265 g/mol. The first-order valence-electron chi connectivity index (χ1n) is 6.45. The van der Waals surface area contributed by atoms with E-state index < -0.39 is 0 Å². The van der Waals surface area contributed by atoms with Gasteiger partial charge in [0.05, 0.1) is 11.2 Å². The summed E-state index contributed by atoms with van der Waals surface area (Å²) in [6.45, 7) is 3.82. The van der Waals surface area contributed by atoms with Crippen molar-refractivity contribution in [3.63, 3.8) is 0 Å². The number of nitrogens with one attached hydrogen (secondary N) is 1. The highest BCUT2D eigenvalue weighted by Crippen LogP contribution is 2.20. The number of aromatic nitrogens is 1. The number of para-hydroxylation sites is 1. The number of anilines is 1. The molecule has 20 heavy (non-hydrogen) atoms. The number of hydrazone groups is 1. The molecule has 0 aliphatic carbocycles. The lowest BCUT2D eigenvalue weighted by Gasteiger charge is -2.05. The molecule has 0 fully saturated rings. The zero-order valence-corrected chi connectivity index (χ0v) is 11.4. The quantitative estimate of drug-likeness (QED) is 0.575. The van der Waals surface area contributed by atoms with Crippen molar-refractivity contribution in [2.75, 3.05) is 5.43 Å². The van der Waals surface area contributed by atoms with Gasteiger partial charge < -0.3 is 4.42 Å². The van der Waals surface area contributed by atoms with Gasteiger partial charge in [-0.15, -0.1) is 0 Å². The summed E-state index contributed by atoms with van der Waals surface area (Å²) >= 11 is 0. The van der Waals surface area contributed by atoms with E-state index in [2.05, 4.69) is 15.5 Å². The first-order chi connectivity index (χ1) is 9.74. The molecular weight excluding hydrogens is 250 g/mol. The third kappa shape index (κ3) is 2.40. The number of benzene rings is 1. The summed E-state index contributed by atoms with van der Waals surface area (Å²) in [7, 11) is 0. The Hall–Kier alpha value is -2.62. The first kappa shape index (κ1) is 12.4. The molecule has 3 aromatic rings. The summed E-state index contributed by atoms with van der Waals surface area (Å²) < 4.78 is 5.53. The summed E-state index contributed by atoms with van der Waals surface area (Å²) in [4.78, 5) is 4.38. The van der Waals surface area contributed by atoms with Crippen LogP contribution >= 0.6 is 0 Å². The van der Waals surface area contributed by atoms with Crippen LogP contribution in [0.15, 0.2) is 58.2 Å². The Balaban J connectivity index is 1.90. The monoisotopic (exact) mass is 265 g/mol. The number of pyridine rings is 1. The zero-order chi connectivity index (χ0) is 13.9. The third-order valence-corrected chi connectivity index (χ3v) is 3.07. The molecule has 0 aliphatic rings. The largest absolute Gasteiger partial charge is 0.460 e. The molecule has 0 saturated carbocycles. The van der Waals surface area contributed by atoms with Gasteiger partial charge in [0.1, 0.15) is 17.2 Å². The molecule has 1 aromatic carbocycles. The highest BCUT2D eigenvalue weighted by atomic mass is 16.3. The fraction of sp³-hybridized carbons (Fsp3) is 0.125. The van der Waals surface area contributed by atoms with Gasteiger partial charge in [0.25, 0.3) is 0 Å². The minimum atomic E-state index is 0.767. The SMILES string of the molecule is C/C(=N\Nc1cccc2cccnc12)c1ccc(C)o1. The smallest absolute Gasteiger partial charge is 0.149 e. The number of hydrogen-bond acceptors (Lipinski definition) is 4. The van der Waals surface area contributed by atoms with E-state index in [1.54, 1.807) is 6.20 Å². The molecule has 2 heterocycles. The van der Waals surface area contributed by atoms with E-state index in [1.807, 2.05) is 56.3 Å². The van der Waals surface area contributed by atoms with Crippen LogP contribution in [0.5, 0.6) is 0 Å². The molecule has 100 valence electrons. The van der Waals surface area contributed by atoms with E-state index in [1.165, 1.54) is 0 Å². The summed E-state index contributed by atoms with van der Waals surface area (Å²) in [6, 6.07) is 13.8. The topological polar surface area (TPSA) is 50.4 Å². The molecule has 0 atom stereocenters. The van der Waals surface area contributed by atoms with E-state index in [4.69, 9.17) is 4.42 Å². The molecule has 0 saturated heterocycles. The second-order valence-corrected chi connectivity index (χ2v) is 4.60. The molecule has 0 aliphatic heterocycles. The van der Waals surface area contributed by atoms with Gasteiger partial charge in [-0.2, -0.15) is 5.10 Å². The van der Waals surface area contributed by atoms with Crippen LogP contribution in [0, 0.1) is 6.92 Å². The summed E-state index contributed by atoms with van der Waals surface area (Å²) in [6.07, 6.45) is 1.78. The van der Waals surface area contributed by atoms with E-state index >= 15 is 0 Å². The lowest BCUT2D eigenvalue weighted by atomic mass is 10.2. The molecule has 0 amide bonds. The van der Waals surface area contributed by atoms with Crippen LogP contribution in [0.1, 0.15) is 18.4 Å². The van der Waals surface area contributed by atoms with Crippen molar-refractivity contribution in [2.45, 2.75) is 13.8 Å². The minimum Gasteiger partial charge on any atom is -0.460 e. The number of aryl methyl sites for hydroxylation is 1. The summed E-state index contributed by atoms with van der Waals surface area (Å²) in [5.41, 5.74) is 5.64. The molecule has 0 spiro atoms. The number of rotatable bonds is 3. The maximum Gasteiger partial charge on any atom is 0.149 e. The van der Waals surface area contributed by atoms with E-state index in [9.17, 15) is 0 Å². The Morgan fingerprint density at radius 1 is 1.15 bits per heavy atom. The van der Waals surface area contributed by atoms with Crippen molar-refractivity contribution in [3.05, 3.63) is 60.2 Å². The lowest BCUT2D eigenvalue weighted by Crippen LogP contribution is -1.99. The summed E-state index contributed by atoms with van der Waals surface area (Å²) in [5.74, 6) is 1.64. The van der Waals surface area contributed by atoms with Gasteiger partial charge in [0.15, 0.2) is 0 Å². The maximum absolute atomic E-state index is 5.53. The van der Waals surface area contributed by atoms with E-state index in [0.29, 0.717) is 0 Å². The Labute approximate surface area is 117 Å². The molecule has 4 heteroatoms. The van der Waals surface area contributed by atoms with Crippen molar-refractivity contribution in [1.29, 1.82) is 0 Å². The van der Waals surface area contributed by atoms with Crippen LogP contribution in [0.2, 0.25) is 0 Å². The van der Waals surface area contributed by atoms with Crippen molar-refractivity contribution < 1.29 is 4.42 Å². The van der Waals surface area contributed by atoms with Gasteiger partial charge in [-0.05, 0) is 38.1 Å². The van der Waals surface area contributed by atoms with Gasteiger partial charge in [-0.3, -0.25) is 10.4 Å². The molecule has 0 radical (unpaired) electrons. The molecule has 4 nitrogen and oxygen atoms in total. The Bertz CT molecular complexity index is 769. The second kappa shape index (κ2) is 5.17. The molecule has 0 bridgehead atoms. The average Bonchev–Trinajstić information content (AvgIpc) is 2.91. The number of nitrogens with zero attached hydrogens (tertiary/aromatic N) is 2. The second-order valence-electron chi connectivity index (χ2n) is 4.60. The number of furan rings is 1. The van der Waals surface area contributed by atoms with Gasteiger partial charge >= 0.3 is 0 Å². The fourth-order valence-corrected chi connectivity index (χ4v) is 2.02.